The maximum Gasteiger partial charge on any atom is 0.243 e. The second-order valence-electron chi connectivity index (χ2n) is 5.96. The van der Waals surface area contributed by atoms with Gasteiger partial charge in [-0.2, -0.15) is 0 Å². The van der Waals surface area contributed by atoms with Crippen LogP contribution in [0.4, 0.5) is 18.9 Å². The van der Waals surface area contributed by atoms with Crippen LogP contribution in [0.1, 0.15) is 12.5 Å². The maximum atomic E-state index is 13.7. The molecule has 0 fully saturated rings. The zero-order valence-electron chi connectivity index (χ0n) is 14.1. The highest BCUT2D eigenvalue weighted by Gasteiger charge is 2.25. The standard InChI is InChI=1S/C17H19F3N2O2S/c1-11(10-12-4-6-13(7-5-12)22(2)3)21-25(23,24)15-9-8-14(18)16(19)17(15)20/h4-9,11,21H,10H2,1-3H3. The van der Waals surface area contributed by atoms with E-state index in [0.29, 0.717) is 18.6 Å². The number of hydrogen-bond donors (Lipinski definition) is 1. The normalized spacial score (nSPS) is 12.9. The second kappa shape index (κ2) is 7.45. The lowest BCUT2D eigenvalue weighted by Gasteiger charge is -2.16. The lowest BCUT2D eigenvalue weighted by Crippen LogP contribution is -2.34. The van der Waals surface area contributed by atoms with Gasteiger partial charge in [0.25, 0.3) is 0 Å². The monoisotopic (exact) mass is 372 g/mol. The number of rotatable bonds is 6. The second-order valence-corrected chi connectivity index (χ2v) is 7.64. The van der Waals surface area contributed by atoms with E-state index in [2.05, 4.69) is 4.72 Å². The zero-order valence-corrected chi connectivity index (χ0v) is 14.9. The molecule has 0 saturated carbocycles. The highest BCUT2D eigenvalue weighted by Crippen LogP contribution is 2.20. The summed E-state index contributed by atoms with van der Waals surface area (Å²) in [4.78, 5) is 1.02. The first-order valence-electron chi connectivity index (χ1n) is 7.54. The van der Waals surface area contributed by atoms with Gasteiger partial charge in [0.2, 0.25) is 10.0 Å². The highest BCUT2D eigenvalue weighted by molar-refractivity contribution is 7.89. The van der Waals surface area contributed by atoms with Crippen LogP contribution in [0.5, 0.6) is 0 Å². The summed E-state index contributed by atoms with van der Waals surface area (Å²) in [5.74, 6) is -4.98. The van der Waals surface area contributed by atoms with Crippen molar-refractivity contribution in [3.8, 4) is 0 Å². The summed E-state index contributed by atoms with van der Waals surface area (Å²) < 4.78 is 66.6. The van der Waals surface area contributed by atoms with Crippen LogP contribution in [0, 0.1) is 17.5 Å². The molecule has 0 amide bonds. The van der Waals surface area contributed by atoms with Crippen LogP contribution in [0.2, 0.25) is 0 Å². The molecule has 0 aliphatic rings. The Kier molecular flexibility index (Phi) is 5.74. The molecular weight excluding hydrogens is 353 g/mol. The van der Waals surface area contributed by atoms with Crippen molar-refractivity contribution in [3.05, 3.63) is 59.4 Å². The Bertz CT molecular complexity index is 853. The van der Waals surface area contributed by atoms with E-state index in [4.69, 9.17) is 0 Å². The predicted molar refractivity (Wildman–Crippen MR) is 90.6 cm³/mol. The maximum absolute atomic E-state index is 13.7. The number of halogens is 3. The summed E-state index contributed by atoms with van der Waals surface area (Å²) in [6, 6.07) is 8.22. The van der Waals surface area contributed by atoms with Crippen molar-refractivity contribution in [2.24, 2.45) is 0 Å². The molecule has 136 valence electrons. The van der Waals surface area contributed by atoms with Crippen molar-refractivity contribution in [3.63, 3.8) is 0 Å². The third-order valence-electron chi connectivity index (χ3n) is 3.64. The molecule has 8 heteroatoms. The molecule has 2 aromatic carbocycles. The lowest BCUT2D eigenvalue weighted by atomic mass is 10.1. The molecular formula is C17H19F3N2O2S. The molecule has 1 unspecified atom stereocenters. The molecule has 25 heavy (non-hydrogen) atoms. The van der Waals surface area contributed by atoms with Crippen LogP contribution >= 0.6 is 0 Å². The van der Waals surface area contributed by atoms with Crippen LogP contribution in [0.3, 0.4) is 0 Å². The average Bonchev–Trinajstić information content (AvgIpc) is 2.52. The van der Waals surface area contributed by atoms with E-state index in [1.165, 1.54) is 0 Å². The van der Waals surface area contributed by atoms with Gasteiger partial charge in [-0.15, -0.1) is 0 Å². The van der Waals surface area contributed by atoms with Gasteiger partial charge >= 0.3 is 0 Å². The Labute approximate surface area is 145 Å². The first kappa shape index (κ1) is 19.3. The molecule has 0 saturated heterocycles. The Hall–Kier alpha value is -2.06. The Morgan fingerprint density at radius 2 is 1.60 bits per heavy atom. The first-order valence-corrected chi connectivity index (χ1v) is 9.02. The summed E-state index contributed by atoms with van der Waals surface area (Å²) in [5.41, 5.74) is 1.88. The minimum absolute atomic E-state index is 0.359. The van der Waals surface area contributed by atoms with Crippen LogP contribution in [0.15, 0.2) is 41.3 Å². The molecule has 2 rings (SSSR count). The molecule has 4 nitrogen and oxygen atoms in total. The third-order valence-corrected chi connectivity index (χ3v) is 5.25. The van der Waals surface area contributed by atoms with Crippen molar-refractivity contribution < 1.29 is 21.6 Å². The molecule has 1 N–H and O–H groups in total. The smallest absolute Gasteiger partial charge is 0.243 e. The molecule has 0 spiro atoms. The van der Waals surface area contributed by atoms with Gasteiger partial charge in [0.15, 0.2) is 17.5 Å². The lowest BCUT2D eigenvalue weighted by molar-refractivity contribution is 0.431. The fourth-order valence-electron chi connectivity index (χ4n) is 2.37. The van der Waals surface area contributed by atoms with E-state index in [1.54, 1.807) is 6.92 Å². The third kappa shape index (κ3) is 4.52. The van der Waals surface area contributed by atoms with Crippen molar-refractivity contribution >= 4 is 15.7 Å². The molecule has 1 atom stereocenters. The van der Waals surface area contributed by atoms with Crippen molar-refractivity contribution in [2.75, 3.05) is 19.0 Å². The fourth-order valence-corrected chi connectivity index (χ4v) is 3.68. The molecule has 0 bridgehead atoms. The van der Waals surface area contributed by atoms with Crippen molar-refractivity contribution in [1.82, 2.24) is 4.72 Å². The summed E-state index contributed by atoms with van der Waals surface area (Å²) in [5, 5.41) is 0. The van der Waals surface area contributed by atoms with Crippen molar-refractivity contribution in [2.45, 2.75) is 24.3 Å². The topological polar surface area (TPSA) is 49.4 Å². The molecule has 0 aliphatic heterocycles. The van der Waals surface area contributed by atoms with Gasteiger partial charge in [-0.1, -0.05) is 12.1 Å². The number of nitrogens with one attached hydrogen (secondary N) is 1. The molecule has 2 aromatic rings. The van der Waals surface area contributed by atoms with Crippen molar-refractivity contribution in [1.29, 1.82) is 0 Å². The molecule has 0 aliphatic carbocycles. The van der Waals surface area contributed by atoms with E-state index >= 15 is 0 Å². The number of hydrogen-bond acceptors (Lipinski definition) is 3. The molecule has 0 radical (unpaired) electrons. The van der Waals surface area contributed by atoms with Gasteiger partial charge in [0.1, 0.15) is 4.90 Å². The van der Waals surface area contributed by atoms with Crippen LogP contribution < -0.4 is 9.62 Å². The van der Waals surface area contributed by atoms with Gasteiger partial charge in [0, 0.05) is 25.8 Å². The fraction of sp³-hybridized carbons (Fsp3) is 0.294. The van der Waals surface area contributed by atoms with Gasteiger partial charge in [-0.05, 0) is 43.2 Å². The zero-order chi connectivity index (χ0) is 18.8. The van der Waals surface area contributed by atoms with Gasteiger partial charge in [-0.3, -0.25) is 0 Å². The van der Waals surface area contributed by atoms with Crippen LogP contribution in [-0.4, -0.2) is 28.6 Å². The summed E-state index contributed by atoms with van der Waals surface area (Å²) in [6.45, 7) is 1.61. The first-order chi connectivity index (χ1) is 11.6. The summed E-state index contributed by atoms with van der Waals surface area (Å²) in [6.07, 6.45) is 0.359. The minimum atomic E-state index is -4.31. The highest BCUT2D eigenvalue weighted by atomic mass is 32.2. The quantitative estimate of drug-likeness (QED) is 0.793. The van der Waals surface area contributed by atoms with Gasteiger partial charge in [-0.25, -0.2) is 26.3 Å². The number of sulfonamides is 1. The van der Waals surface area contributed by atoms with E-state index in [1.807, 2.05) is 43.3 Å². The van der Waals surface area contributed by atoms with E-state index in [0.717, 1.165) is 11.3 Å². The SMILES string of the molecule is CC(Cc1ccc(N(C)C)cc1)NS(=O)(=O)c1ccc(F)c(F)c1F. The van der Waals surface area contributed by atoms with Gasteiger partial charge in [0.05, 0.1) is 0 Å². The summed E-state index contributed by atoms with van der Waals surface area (Å²) in [7, 11) is -0.501. The predicted octanol–water partition coefficient (Wildman–Crippen LogP) is 3.08. The number of benzene rings is 2. The average molecular weight is 372 g/mol. The Morgan fingerprint density at radius 3 is 2.16 bits per heavy atom. The number of nitrogens with zero attached hydrogens (tertiary/aromatic N) is 1. The summed E-state index contributed by atoms with van der Waals surface area (Å²) >= 11 is 0. The van der Waals surface area contributed by atoms with Crippen LogP contribution in [-0.2, 0) is 16.4 Å². The molecule has 0 aromatic heterocycles. The van der Waals surface area contributed by atoms with Crippen LogP contribution in [0.25, 0.3) is 0 Å². The van der Waals surface area contributed by atoms with E-state index < -0.39 is 38.4 Å². The largest absolute Gasteiger partial charge is 0.378 e. The molecule has 0 heterocycles. The van der Waals surface area contributed by atoms with Gasteiger partial charge < -0.3 is 4.90 Å². The van der Waals surface area contributed by atoms with E-state index in [9.17, 15) is 21.6 Å². The minimum Gasteiger partial charge on any atom is -0.378 e. The number of anilines is 1. The van der Waals surface area contributed by atoms with E-state index in [-0.39, 0.29) is 0 Å². The Morgan fingerprint density at radius 1 is 1.00 bits per heavy atom. The Balaban J connectivity index is 2.13.